The highest BCUT2D eigenvalue weighted by molar-refractivity contribution is 6.04. The summed E-state index contributed by atoms with van der Waals surface area (Å²) in [7, 11) is 0. The van der Waals surface area contributed by atoms with E-state index in [1.165, 1.54) is 6.92 Å². The quantitative estimate of drug-likeness (QED) is 0.875. The first-order chi connectivity index (χ1) is 11.5. The summed E-state index contributed by atoms with van der Waals surface area (Å²) < 4.78 is 0. The largest absolute Gasteiger partial charge is 0.341 e. The molecule has 124 valence electrons. The summed E-state index contributed by atoms with van der Waals surface area (Å²) in [6, 6.07) is 8.55. The van der Waals surface area contributed by atoms with Crippen LogP contribution in [0.1, 0.15) is 46.3 Å². The van der Waals surface area contributed by atoms with Gasteiger partial charge < -0.3 is 10.2 Å². The van der Waals surface area contributed by atoms with Crippen LogP contribution in [0.3, 0.4) is 0 Å². The second-order valence-electron chi connectivity index (χ2n) is 5.98. The third-order valence-electron chi connectivity index (χ3n) is 3.99. The number of nitrogens with zero attached hydrogens (tertiary/aromatic N) is 3. The number of benzene rings is 1. The van der Waals surface area contributed by atoms with Crippen molar-refractivity contribution in [3.05, 3.63) is 47.3 Å². The van der Waals surface area contributed by atoms with Gasteiger partial charge in [-0.25, -0.2) is 9.97 Å². The Morgan fingerprint density at radius 2 is 1.88 bits per heavy atom. The van der Waals surface area contributed by atoms with E-state index in [-0.39, 0.29) is 11.7 Å². The van der Waals surface area contributed by atoms with Crippen LogP contribution in [0.5, 0.6) is 0 Å². The monoisotopic (exact) mass is 324 g/mol. The fourth-order valence-electron chi connectivity index (χ4n) is 2.74. The Kier molecular flexibility index (Phi) is 4.55. The SMILES string of the molecule is CC(=O)c1cccc(NC(=O)c2cc(C)nc(N3CCCC3)n2)c1. The van der Waals surface area contributed by atoms with Crippen molar-refractivity contribution in [2.24, 2.45) is 0 Å². The molecular formula is C18H20N4O2. The van der Waals surface area contributed by atoms with Gasteiger partial charge in [0.05, 0.1) is 0 Å². The van der Waals surface area contributed by atoms with E-state index in [9.17, 15) is 9.59 Å². The van der Waals surface area contributed by atoms with E-state index in [0.717, 1.165) is 31.6 Å². The van der Waals surface area contributed by atoms with Crippen molar-refractivity contribution < 1.29 is 9.59 Å². The molecule has 0 aliphatic carbocycles. The molecule has 1 fully saturated rings. The first-order valence-corrected chi connectivity index (χ1v) is 8.06. The lowest BCUT2D eigenvalue weighted by Crippen LogP contribution is -2.23. The summed E-state index contributed by atoms with van der Waals surface area (Å²) in [5.74, 6) is 0.261. The number of aryl methyl sites for hydroxylation is 1. The number of carbonyl (C=O) groups excluding carboxylic acids is 2. The average molecular weight is 324 g/mol. The van der Waals surface area contributed by atoms with E-state index in [1.807, 2.05) is 6.92 Å². The van der Waals surface area contributed by atoms with E-state index < -0.39 is 0 Å². The number of Topliss-reactive ketones (excluding diaryl/α,β-unsaturated/α-hetero) is 1. The number of hydrogen-bond donors (Lipinski definition) is 1. The second-order valence-corrected chi connectivity index (χ2v) is 5.98. The van der Waals surface area contributed by atoms with Crippen LogP contribution in [-0.2, 0) is 0 Å². The number of hydrogen-bond acceptors (Lipinski definition) is 5. The number of aromatic nitrogens is 2. The Balaban J connectivity index is 1.82. The number of anilines is 2. The summed E-state index contributed by atoms with van der Waals surface area (Å²) in [6.45, 7) is 5.20. The van der Waals surface area contributed by atoms with Crippen molar-refractivity contribution in [1.82, 2.24) is 9.97 Å². The Morgan fingerprint density at radius 1 is 1.12 bits per heavy atom. The summed E-state index contributed by atoms with van der Waals surface area (Å²) in [5.41, 5.74) is 2.23. The minimum atomic E-state index is -0.304. The van der Waals surface area contributed by atoms with Crippen LogP contribution in [0.25, 0.3) is 0 Å². The fourth-order valence-corrected chi connectivity index (χ4v) is 2.74. The van der Waals surface area contributed by atoms with Gasteiger partial charge in [-0.3, -0.25) is 9.59 Å². The summed E-state index contributed by atoms with van der Waals surface area (Å²) >= 11 is 0. The molecule has 2 heterocycles. The third kappa shape index (κ3) is 3.59. The summed E-state index contributed by atoms with van der Waals surface area (Å²) in [6.07, 6.45) is 2.24. The molecule has 2 aromatic rings. The zero-order valence-corrected chi connectivity index (χ0v) is 13.9. The van der Waals surface area contributed by atoms with E-state index in [0.29, 0.717) is 22.9 Å². The van der Waals surface area contributed by atoms with Crippen LogP contribution in [0.2, 0.25) is 0 Å². The van der Waals surface area contributed by atoms with Crippen molar-refractivity contribution in [1.29, 1.82) is 0 Å². The summed E-state index contributed by atoms with van der Waals surface area (Å²) in [4.78, 5) is 34.9. The lowest BCUT2D eigenvalue weighted by Gasteiger charge is -2.16. The lowest BCUT2D eigenvalue weighted by atomic mass is 10.1. The van der Waals surface area contributed by atoms with Gasteiger partial charge in [0, 0.05) is 30.0 Å². The smallest absolute Gasteiger partial charge is 0.274 e. The topological polar surface area (TPSA) is 75.2 Å². The molecule has 1 aliphatic heterocycles. The molecule has 1 amide bonds. The van der Waals surface area contributed by atoms with Gasteiger partial charge in [0.2, 0.25) is 5.95 Å². The molecule has 1 N–H and O–H groups in total. The molecule has 24 heavy (non-hydrogen) atoms. The van der Waals surface area contributed by atoms with Crippen LogP contribution < -0.4 is 10.2 Å². The number of carbonyl (C=O) groups is 2. The minimum absolute atomic E-state index is 0.0414. The maximum absolute atomic E-state index is 12.5. The van der Waals surface area contributed by atoms with Crippen LogP contribution in [0.4, 0.5) is 11.6 Å². The van der Waals surface area contributed by atoms with Crippen LogP contribution >= 0.6 is 0 Å². The first kappa shape index (κ1) is 16.1. The molecule has 1 aromatic carbocycles. The molecule has 0 spiro atoms. The molecule has 1 aromatic heterocycles. The highest BCUT2D eigenvalue weighted by Gasteiger charge is 2.18. The zero-order valence-electron chi connectivity index (χ0n) is 13.9. The van der Waals surface area contributed by atoms with Gasteiger partial charge >= 0.3 is 0 Å². The third-order valence-corrected chi connectivity index (χ3v) is 3.99. The fraction of sp³-hybridized carbons (Fsp3) is 0.333. The van der Waals surface area contributed by atoms with Crippen LogP contribution in [0.15, 0.2) is 30.3 Å². The van der Waals surface area contributed by atoms with Crippen LogP contribution in [0, 0.1) is 6.92 Å². The molecule has 1 aliphatic rings. The van der Waals surface area contributed by atoms with Gasteiger partial charge in [0.25, 0.3) is 5.91 Å². The van der Waals surface area contributed by atoms with E-state index in [1.54, 1.807) is 30.3 Å². The van der Waals surface area contributed by atoms with Crippen LogP contribution in [-0.4, -0.2) is 34.7 Å². The van der Waals surface area contributed by atoms with Crippen molar-refractivity contribution in [3.63, 3.8) is 0 Å². The molecular weight excluding hydrogens is 304 g/mol. The molecule has 0 bridgehead atoms. The average Bonchev–Trinajstić information content (AvgIpc) is 3.09. The molecule has 0 unspecified atom stereocenters. The van der Waals surface area contributed by atoms with E-state index in [4.69, 9.17) is 0 Å². The van der Waals surface area contributed by atoms with E-state index >= 15 is 0 Å². The molecule has 3 rings (SSSR count). The summed E-state index contributed by atoms with van der Waals surface area (Å²) in [5, 5.41) is 2.80. The van der Waals surface area contributed by atoms with Crippen molar-refractivity contribution in [2.75, 3.05) is 23.3 Å². The Labute approximate surface area is 140 Å². The highest BCUT2D eigenvalue weighted by Crippen LogP contribution is 2.18. The predicted molar refractivity (Wildman–Crippen MR) is 92.6 cm³/mol. The Bertz CT molecular complexity index is 782. The van der Waals surface area contributed by atoms with Gasteiger partial charge in [-0.15, -0.1) is 0 Å². The molecule has 6 heteroatoms. The number of amides is 1. The standard InChI is InChI=1S/C18H20N4O2/c1-12-10-16(21-18(19-12)22-8-3-4-9-22)17(24)20-15-7-5-6-14(11-15)13(2)23/h5-7,10-11H,3-4,8-9H2,1-2H3,(H,20,24). The van der Waals surface area contributed by atoms with Crippen molar-refractivity contribution in [2.45, 2.75) is 26.7 Å². The number of rotatable bonds is 4. The lowest BCUT2D eigenvalue weighted by molar-refractivity contribution is 0.100. The highest BCUT2D eigenvalue weighted by atomic mass is 16.2. The van der Waals surface area contributed by atoms with Gasteiger partial charge in [0.1, 0.15) is 5.69 Å². The van der Waals surface area contributed by atoms with Crippen molar-refractivity contribution >= 4 is 23.3 Å². The van der Waals surface area contributed by atoms with E-state index in [2.05, 4.69) is 20.2 Å². The van der Waals surface area contributed by atoms with Gasteiger partial charge in [-0.2, -0.15) is 0 Å². The molecule has 6 nitrogen and oxygen atoms in total. The maximum atomic E-state index is 12.5. The Morgan fingerprint density at radius 3 is 2.58 bits per heavy atom. The number of nitrogens with one attached hydrogen (secondary N) is 1. The van der Waals surface area contributed by atoms with Gasteiger partial charge in [-0.05, 0) is 44.9 Å². The Hall–Kier alpha value is -2.76. The zero-order chi connectivity index (χ0) is 17.1. The minimum Gasteiger partial charge on any atom is -0.341 e. The first-order valence-electron chi connectivity index (χ1n) is 8.06. The second kappa shape index (κ2) is 6.78. The predicted octanol–water partition coefficient (Wildman–Crippen LogP) is 2.84. The molecule has 1 saturated heterocycles. The molecule has 0 radical (unpaired) electrons. The number of ketones is 1. The molecule has 0 saturated carbocycles. The molecule has 0 atom stereocenters. The maximum Gasteiger partial charge on any atom is 0.274 e. The van der Waals surface area contributed by atoms with Gasteiger partial charge in [0.15, 0.2) is 5.78 Å². The van der Waals surface area contributed by atoms with Gasteiger partial charge in [-0.1, -0.05) is 12.1 Å². The normalized spacial score (nSPS) is 13.8. The van der Waals surface area contributed by atoms with Crippen molar-refractivity contribution in [3.8, 4) is 0 Å².